The number of nitrogens with zero attached hydrogens (tertiary/aromatic N) is 2. The van der Waals surface area contributed by atoms with Gasteiger partial charge in [0, 0.05) is 44.2 Å². The van der Waals surface area contributed by atoms with Gasteiger partial charge in [-0.15, -0.1) is 0 Å². The molecule has 2 rings (SSSR count). The molecule has 0 amide bonds. The summed E-state index contributed by atoms with van der Waals surface area (Å²) in [4.78, 5) is 6.89. The Hall–Kier alpha value is -1.35. The van der Waals surface area contributed by atoms with E-state index < -0.39 is 10.0 Å². The Morgan fingerprint density at radius 3 is 2.96 bits per heavy atom. The molecule has 7 nitrogen and oxygen atoms in total. The Labute approximate surface area is 160 Å². The molecule has 1 aliphatic heterocycles. The zero-order valence-electron chi connectivity index (χ0n) is 15.2. The molecule has 0 spiro atoms. The van der Waals surface area contributed by atoms with Crippen LogP contribution >= 0.6 is 11.6 Å². The van der Waals surface area contributed by atoms with Gasteiger partial charge in [-0.2, -0.15) is 0 Å². The molecule has 0 aromatic heterocycles. The summed E-state index contributed by atoms with van der Waals surface area (Å²) in [6.07, 6.45) is 1.07. The summed E-state index contributed by atoms with van der Waals surface area (Å²) in [5.74, 6) is 1.32. The van der Waals surface area contributed by atoms with Gasteiger partial charge >= 0.3 is 0 Å². The van der Waals surface area contributed by atoms with E-state index in [0.717, 1.165) is 38.6 Å². The molecule has 0 saturated carbocycles. The molecule has 1 aromatic rings. The van der Waals surface area contributed by atoms with Crippen LogP contribution in [0.4, 0.5) is 0 Å². The highest BCUT2D eigenvalue weighted by atomic mass is 35.5. The number of ether oxygens (including phenoxy) is 1. The second kappa shape index (κ2) is 10.1. The smallest absolute Gasteiger partial charge is 0.240 e. The first-order chi connectivity index (χ1) is 12.5. The standard InChI is InChI=1S/C17H27ClN4O3S/c1-3-19-17(22-10-7-14(12-22)13-25-2)20-8-9-21-26(23,24)16-6-4-5-15(18)11-16/h4-6,11,14,21H,3,7-10,12-13H2,1-2H3,(H,19,20). The van der Waals surface area contributed by atoms with Crippen LogP contribution in [0.2, 0.25) is 5.02 Å². The second-order valence-electron chi connectivity index (χ2n) is 6.15. The van der Waals surface area contributed by atoms with Crippen molar-refractivity contribution in [2.24, 2.45) is 10.9 Å². The van der Waals surface area contributed by atoms with E-state index in [0.29, 0.717) is 17.5 Å². The van der Waals surface area contributed by atoms with Crippen LogP contribution in [0.25, 0.3) is 0 Å². The number of nitrogens with one attached hydrogen (secondary N) is 2. The fraction of sp³-hybridized carbons (Fsp3) is 0.588. The molecule has 0 bridgehead atoms. The summed E-state index contributed by atoms with van der Waals surface area (Å²) in [6, 6.07) is 6.20. The average Bonchev–Trinajstić information content (AvgIpc) is 3.06. The Morgan fingerprint density at radius 1 is 1.46 bits per heavy atom. The third-order valence-corrected chi connectivity index (χ3v) is 5.79. The van der Waals surface area contributed by atoms with Gasteiger partial charge in [-0.25, -0.2) is 13.1 Å². The normalized spacial score (nSPS) is 18.3. The number of hydrogen-bond donors (Lipinski definition) is 2. The Morgan fingerprint density at radius 2 is 2.27 bits per heavy atom. The number of halogens is 1. The first-order valence-electron chi connectivity index (χ1n) is 8.73. The zero-order chi connectivity index (χ0) is 19.0. The van der Waals surface area contributed by atoms with Crippen molar-refractivity contribution in [3.8, 4) is 0 Å². The molecule has 146 valence electrons. The Bertz CT molecular complexity index is 712. The van der Waals surface area contributed by atoms with Crippen molar-refractivity contribution in [1.29, 1.82) is 0 Å². The minimum absolute atomic E-state index is 0.155. The van der Waals surface area contributed by atoms with Crippen LogP contribution in [0, 0.1) is 5.92 Å². The molecule has 1 atom stereocenters. The van der Waals surface area contributed by atoms with Gasteiger partial charge in [0.05, 0.1) is 18.0 Å². The molecular formula is C17H27ClN4O3S. The van der Waals surface area contributed by atoms with Crippen molar-refractivity contribution in [2.45, 2.75) is 18.2 Å². The lowest BCUT2D eigenvalue weighted by atomic mass is 10.1. The molecule has 9 heteroatoms. The van der Waals surface area contributed by atoms with E-state index in [1.54, 1.807) is 19.2 Å². The topological polar surface area (TPSA) is 83.0 Å². The summed E-state index contributed by atoms with van der Waals surface area (Å²) in [5, 5.41) is 3.65. The maximum atomic E-state index is 12.3. The SMILES string of the molecule is CCNC(=NCCNS(=O)(=O)c1cccc(Cl)c1)N1CCC(COC)C1. The molecule has 1 aromatic carbocycles. The molecule has 1 heterocycles. The molecular weight excluding hydrogens is 376 g/mol. The highest BCUT2D eigenvalue weighted by molar-refractivity contribution is 7.89. The number of rotatable bonds is 8. The highest BCUT2D eigenvalue weighted by Crippen LogP contribution is 2.17. The maximum Gasteiger partial charge on any atom is 0.240 e. The number of sulfonamides is 1. The van der Waals surface area contributed by atoms with Crippen molar-refractivity contribution >= 4 is 27.6 Å². The number of hydrogen-bond acceptors (Lipinski definition) is 4. The summed E-state index contributed by atoms with van der Waals surface area (Å²) < 4.78 is 32.3. The van der Waals surface area contributed by atoms with Crippen LogP contribution in [-0.4, -0.2) is 65.7 Å². The van der Waals surface area contributed by atoms with Crippen molar-refractivity contribution in [3.63, 3.8) is 0 Å². The van der Waals surface area contributed by atoms with E-state index in [4.69, 9.17) is 16.3 Å². The number of likely N-dealkylation sites (tertiary alicyclic amines) is 1. The van der Waals surface area contributed by atoms with Gasteiger partial charge in [-0.05, 0) is 31.5 Å². The van der Waals surface area contributed by atoms with E-state index in [1.807, 2.05) is 6.92 Å². The number of methoxy groups -OCH3 is 1. The molecule has 1 fully saturated rings. The fourth-order valence-corrected chi connectivity index (χ4v) is 4.20. The fourth-order valence-electron chi connectivity index (χ4n) is 2.88. The molecule has 1 unspecified atom stereocenters. The lowest BCUT2D eigenvalue weighted by molar-refractivity contribution is 0.157. The van der Waals surface area contributed by atoms with Gasteiger partial charge in [0.25, 0.3) is 0 Å². The van der Waals surface area contributed by atoms with Crippen molar-refractivity contribution in [1.82, 2.24) is 14.9 Å². The van der Waals surface area contributed by atoms with Gasteiger partial charge in [0.1, 0.15) is 0 Å². The molecule has 1 saturated heterocycles. The van der Waals surface area contributed by atoms with Crippen LogP contribution in [0.5, 0.6) is 0 Å². The minimum Gasteiger partial charge on any atom is -0.384 e. The second-order valence-corrected chi connectivity index (χ2v) is 8.35. The third kappa shape index (κ3) is 6.12. The third-order valence-electron chi connectivity index (χ3n) is 4.09. The molecule has 1 aliphatic rings. The molecule has 26 heavy (non-hydrogen) atoms. The first-order valence-corrected chi connectivity index (χ1v) is 10.6. The van der Waals surface area contributed by atoms with Crippen LogP contribution in [0.1, 0.15) is 13.3 Å². The van der Waals surface area contributed by atoms with Gasteiger partial charge in [0.15, 0.2) is 5.96 Å². The Balaban J connectivity index is 1.90. The van der Waals surface area contributed by atoms with Crippen LogP contribution in [-0.2, 0) is 14.8 Å². The largest absolute Gasteiger partial charge is 0.384 e. The lowest BCUT2D eigenvalue weighted by Gasteiger charge is -2.21. The van der Waals surface area contributed by atoms with Crippen molar-refractivity contribution in [3.05, 3.63) is 29.3 Å². The van der Waals surface area contributed by atoms with Crippen LogP contribution in [0.15, 0.2) is 34.2 Å². The van der Waals surface area contributed by atoms with Crippen molar-refractivity contribution in [2.75, 3.05) is 46.4 Å². The average molecular weight is 403 g/mol. The summed E-state index contributed by atoms with van der Waals surface area (Å²) in [6.45, 7) is 5.92. The van der Waals surface area contributed by atoms with Crippen molar-refractivity contribution < 1.29 is 13.2 Å². The number of aliphatic imine (C=N–C) groups is 1. The van der Waals surface area contributed by atoms with E-state index in [1.165, 1.54) is 12.1 Å². The maximum absolute atomic E-state index is 12.3. The lowest BCUT2D eigenvalue weighted by Crippen LogP contribution is -2.40. The molecule has 2 N–H and O–H groups in total. The number of guanidine groups is 1. The molecule has 0 radical (unpaired) electrons. The summed E-state index contributed by atoms with van der Waals surface area (Å²) >= 11 is 5.86. The predicted molar refractivity (Wildman–Crippen MR) is 104 cm³/mol. The number of benzene rings is 1. The summed E-state index contributed by atoms with van der Waals surface area (Å²) in [7, 11) is -1.87. The van der Waals surface area contributed by atoms with Gasteiger partial charge in [-0.3, -0.25) is 4.99 Å². The van der Waals surface area contributed by atoms with Gasteiger partial charge < -0.3 is 15.0 Å². The minimum atomic E-state index is -3.58. The van der Waals surface area contributed by atoms with E-state index in [9.17, 15) is 8.42 Å². The zero-order valence-corrected chi connectivity index (χ0v) is 16.8. The first kappa shape index (κ1) is 21.0. The Kier molecular flexibility index (Phi) is 8.15. The van der Waals surface area contributed by atoms with E-state index in [2.05, 4.69) is 19.9 Å². The van der Waals surface area contributed by atoms with E-state index in [-0.39, 0.29) is 11.4 Å². The van der Waals surface area contributed by atoms with Crippen LogP contribution in [0.3, 0.4) is 0 Å². The van der Waals surface area contributed by atoms with Crippen LogP contribution < -0.4 is 10.0 Å². The van der Waals surface area contributed by atoms with Gasteiger partial charge in [-0.1, -0.05) is 17.7 Å². The predicted octanol–water partition coefficient (Wildman–Crippen LogP) is 1.55. The summed E-state index contributed by atoms with van der Waals surface area (Å²) in [5.41, 5.74) is 0. The van der Waals surface area contributed by atoms with E-state index >= 15 is 0 Å². The monoisotopic (exact) mass is 402 g/mol. The highest BCUT2D eigenvalue weighted by Gasteiger charge is 2.24. The molecule has 0 aliphatic carbocycles. The quantitative estimate of drug-likeness (QED) is 0.391. The van der Waals surface area contributed by atoms with Gasteiger partial charge in [0.2, 0.25) is 10.0 Å².